The Kier molecular flexibility index (Phi) is 6.82. The summed E-state index contributed by atoms with van der Waals surface area (Å²) in [7, 11) is 0. The van der Waals surface area contributed by atoms with Gasteiger partial charge in [-0.25, -0.2) is 13.9 Å². The van der Waals surface area contributed by atoms with Crippen LogP contribution in [0.15, 0.2) is 53.7 Å². The number of fused-ring (bicyclic) bond motifs is 1. The first kappa shape index (κ1) is 25.4. The highest BCUT2D eigenvalue weighted by Crippen LogP contribution is 2.34. The van der Waals surface area contributed by atoms with Crippen molar-refractivity contribution in [3.05, 3.63) is 66.1 Å². The van der Waals surface area contributed by atoms with Crippen molar-refractivity contribution in [1.82, 2.24) is 24.9 Å². The molecule has 0 aliphatic heterocycles. The van der Waals surface area contributed by atoms with Crippen molar-refractivity contribution < 1.29 is 18.7 Å². The number of nitrogens with zero attached hydrogens (tertiary/aromatic N) is 5. The molecular formula is C27H28FN7O3. The van der Waals surface area contributed by atoms with Gasteiger partial charge in [0.25, 0.3) is 5.91 Å². The molecule has 1 atom stereocenters. The normalized spacial score (nSPS) is 18.0. The lowest BCUT2D eigenvalue weighted by atomic mass is 9.77. The molecule has 1 aliphatic rings. The van der Waals surface area contributed by atoms with Crippen LogP contribution in [0.2, 0.25) is 0 Å². The number of oxazole rings is 1. The molecule has 4 aromatic heterocycles. The lowest BCUT2D eigenvalue weighted by molar-refractivity contribution is -0.00177. The van der Waals surface area contributed by atoms with Gasteiger partial charge in [-0.15, -0.1) is 0 Å². The Bertz CT molecular complexity index is 1480. The molecule has 4 aromatic rings. The maximum atomic E-state index is 14.3. The second-order valence-corrected chi connectivity index (χ2v) is 10.2. The zero-order valence-electron chi connectivity index (χ0n) is 21.1. The predicted octanol–water partition coefficient (Wildman–Crippen LogP) is 3.53. The van der Waals surface area contributed by atoms with Crippen molar-refractivity contribution in [2.24, 2.45) is 5.92 Å². The molecule has 5 rings (SSSR count). The fraction of sp³-hybridized carbons (Fsp3) is 0.370. The summed E-state index contributed by atoms with van der Waals surface area (Å²) in [4.78, 5) is 21.5. The van der Waals surface area contributed by atoms with Gasteiger partial charge in [0.1, 0.15) is 18.0 Å². The van der Waals surface area contributed by atoms with E-state index in [1.54, 1.807) is 22.8 Å². The number of nitriles is 1. The number of hydrogen-bond donors (Lipinski definition) is 3. The van der Waals surface area contributed by atoms with Crippen molar-refractivity contribution in [2.75, 3.05) is 11.9 Å². The number of alkyl halides is 1. The van der Waals surface area contributed by atoms with Crippen LogP contribution in [0.4, 0.5) is 10.1 Å². The van der Waals surface area contributed by atoms with E-state index in [1.807, 2.05) is 12.1 Å². The van der Waals surface area contributed by atoms with Crippen molar-refractivity contribution in [2.45, 2.75) is 50.9 Å². The number of carbonyl (C=O) groups is 1. The molecule has 0 bridgehead atoms. The number of amides is 1. The quantitative estimate of drug-likeness (QED) is 0.306. The molecule has 1 aliphatic carbocycles. The van der Waals surface area contributed by atoms with Gasteiger partial charge in [-0.2, -0.15) is 10.4 Å². The van der Waals surface area contributed by atoms with E-state index in [1.165, 1.54) is 32.6 Å². The number of rotatable bonds is 9. The van der Waals surface area contributed by atoms with Crippen LogP contribution in [0, 0.1) is 17.2 Å². The van der Waals surface area contributed by atoms with Crippen LogP contribution in [0.1, 0.15) is 48.4 Å². The van der Waals surface area contributed by atoms with Gasteiger partial charge in [0, 0.05) is 18.7 Å². The summed E-state index contributed by atoms with van der Waals surface area (Å²) in [6.45, 7) is 2.38. The Morgan fingerprint density at radius 1 is 1.32 bits per heavy atom. The molecular weight excluding hydrogens is 489 g/mol. The van der Waals surface area contributed by atoms with Crippen LogP contribution in [0.25, 0.3) is 16.9 Å². The molecule has 4 heterocycles. The Morgan fingerprint density at radius 3 is 2.84 bits per heavy atom. The maximum absolute atomic E-state index is 14.3. The lowest BCUT2D eigenvalue weighted by Gasteiger charge is -2.36. The van der Waals surface area contributed by atoms with Gasteiger partial charge in [0.2, 0.25) is 0 Å². The zero-order chi connectivity index (χ0) is 26.9. The predicted molar refractivity (Wildman–Crippen MR) is 137 cm³/mol. The Balaban J connectivity index is 1.38. The molecule has 10 nitrogen and oxygen atoms in total. The molecule has 11 heteroatoms. The molecule has 1 amide bonds. The SMILES string of the molecule is CC(C)(O)C(F)CNC(=O)c1cnc(-c2ccc3cc(C#N)cnn23)cc1NC1CC(Cc2cnco2)C1. The van der Waals surface area contributed by atoms with Crippen LogP contribution in [0.3, 0.4) is 0 Å². The molecule has 196 valence electrons. The highest BCUT2D eigenvalue weighted by molar-refractivity contribution is 6.00. The zero-order valence-corrected chi connectivity index (χ0v) is 21.1. The largest absolute Gasteiger partial charge is 0.449 e. The second kappa shape index (κ2) is 10.2. The Hall–Kier alpha value is -4.30. The van der Waals surface area contributed by atoms with Gasteiger partial charge in [0.15, 0.2) is 6.39 Å². The first-order valence-corrected chi connectivity index (χ1v) is 12.4. The van der Waals surface area contributed by atoms with E-state index >= 15 is 0 Å². The summed E-state index contributed by atoms with van der Waals surface area (Å²) in [6, 6.07) is 9.42. The Morgan fingerprint density at radius 2 is 2.13 bits per heavy atom. The fourth-order valence-electron chi connectivity index (χ4n) is 4.54. The van der Waals surface area contributed by atoms with Crippen LogP contribution >= 0.6 is 0 Å². The van der Waals surface area contributed by atoms with E-state index in [0.717, 1.165) is 30.5 Å². The van der Waals surface area contributed by atoms with Crippen LogP contribution < -0.4 is 10.6 Å². The van der Waals surface area contributed by atoms with Gasteiger partial charge in [-0.1, -0.05) is 0 Å². The van der Waals surface area contributed by atoms with Crippen LogP contribution in [-0.2, 0) is 6.42 Å². The first-order chi connectivity index (χ1) is 18.2. The third-order valence-corrected chi connectivity index (χ3v) is 6.82. The number of anilines is 1. The Labute approximate surface area is 218 Å². The number of halogens is 1. The molecule has 0 aromatic carbocycles. The van der Waals surface area contributed by atoms with E-state index in [2.05, 4.69) is 31.8 Å². The highest BCUT2D eigenvalue weighted by Gasteiger charge is 2.31. The third kappa shape index (κ3) is 5.35. The topological polar surface area (TPSA) is 141 Å². The van der Waals surface area contributed by atoms with E-state index in [-0.39, 0.29) is 18.2 Å². The van der Waals surface area contributed by atoms with Crippen molar-refractivity contribution in [1.29, 1.82) is 5.26 Å². The van der Waals surface area contributed by atoms with E-state index in [4.69, 9.17) is 9.68 Å². The van der Waals surface area contributed by atoms with Crippen LogP contribution in [0.5, 0.6) is 0 Å². The molecule has 1 unspecified atom stereocenters. The van der Waals surface area contributed by atoms with E-state index < -0.39 is 17.7 Å². The van der Waals surface area contributed by atoms with Crippen LogP contribution in [-0.4, -0.2) is 55.0 Å². The summed E-state index contributed by atoms with van der Waals surface area (Å²) < 4.78 is 21.3. The molecule has 3 N–H and O–H groups in total. The third-order valence-electron chi connectivity index (χ3n) is 6.82. The highest BCUT2D eigenvalue weighted by atomic mass is 19.1. The minimum Gasteiger partial charge on any atom is -0.449 e. The number of aliphatic hydroxyl groups is 1. The lowest BCUT2D eigenvalue weighted by Crippen LogP contribution is -2.42. The molecule has 1 saturated carbocycles. The van der Waals surface area contributed by atoms with Crippen molar-refractivity contribution in [3.63, 3.8) is 0 Å². The maximum Gasteiger partial charge on any atom is 0.255 e. The van der Waals surface area contributed by atoms with Crippen molar-refractivity contribution in [3.8, 4) is 17.5 Å². The minimum absolute atomic E-state index is 0.135. The average molecular weight is 518 g/mol. The summed E-state index contributed by atoms with van der Waals surface area (Å²) in [5.74, 6) is 0.790. The van der Waals surface area contributed by atoms with Gasteiger partial charge < -0.3 is 20.2 Å². The monoisotopic (exact) mass is 517 g/mol. The van der Waals surface area contributed by atoms with Gasteiger partial charge in [-0.05, 0) is 56.9 Å². The first-order valence-electron chi connectivity index (χ1n) is 12.4. The van der Waals surface area contributed by atoms with Gasteiger partial charge in [-0.3, -0.25) is 9.78 Å². The summed E-state index contributed by atoms with van der Waals surface area (Å²) in [5.41, 5.74) is 1.74. The number of aromatic nitrogens is 4. The van der Waals surface area contributed by atoms with Crippen molar-refractivity contribution >= 4 is 17.1 Å². The molecule has 0 spiro atoms. The number of carbonyl (C=O) groups excluding carboxylic acids is 1. The van der Waals surface area contributed by atoms with Gasteiger partial charge in [0.05, 0.1) is 58.3 Å². The number of pyridine rings is 1. The second-order valence-electron chi connectivity index (χ2n) is 10.2. The molecule has 0 radical (unpaired) electrons. The standard InChI is InChI=1S/C27H28FN7O3/c1-27(2,37)25(28)14-32-26(36)21-13-31-23(24-4-3-19-7-17(10-29)11-33-35(19)24)9-22(21)34-18-5-16(6-18)8-20-12-30-15-38-20/h3-4,7,9,11-13,15-16,18,25,37H,5-6,8,14H2,1-2H3,(H,31,34)(H,32,36). The fourth-order valence-corrected chi connectivity index (χ4v) is 4.54. The number of nitrogens with one attached hydrogen (secondary N) is 2. The number of hydrogen-bond acceptors (Lipinski definition) is 8. The van der Waals surface area contributed by atoms with Gasteiger partial charge >= 0.3 is 0 Å². The summed E-state index contributed by atoms with van der Waals surface area (Å²) in [5, 5.41) is 29.4. The smallest absolute Gasteiger partial charge is 0.255 e. The summed E-state index contributed by atoms with van der Waals surface area (Å²) in [6.07, 6.45) is 7.03. The molecule has 38 heavy (non-hydrogen) atoms. The molecule has 1 fully saturated rings. The average Bonchev–Trinajstić information content (AvgIpc) is 3.54. The van der Waals surface area contributed by atoms with E-state index in [0.29, 0.717) is 28.6 Å². The van der Waals surface area contributed by atoms with E-state index in [9.17, 15) is 14.3 Å². The molecule has 0 saturated heterocycles. The minimum atomic E-state index is -1.63. The summed E-state index contributed by atoms with van der Waals surface area (Å²) >= 11 is 0.